The first-order valence-electron chi connectivity index (χ1n) is 9.50. The molecule has 2 aliphatic rings. The minimum Gasteiger partial charge on any atom is -0.493 e. The van der Waals surface area contributed by atoms with E-state index in [9.17, 15) is 0 Å². The van der Waals surface area contributed by atoms with Gasteiger partial charge in [-0.25, -0.2) is 0 Å². The van der Waals surface area contributed by atoms with E-state index in [0.29, 0.717) is 11.5 Å². The highest BCUT2D eigenvalue weighted by Crippen LogP contribution is 2.45. The maximum Gasteiger partial charge on any atom is 0.203 e. The summed E-state index contributed by atoms with van der Waals surface area (Å²) in [7, 11) is 4.99. The molecule has 27 heavy (non-hydrogen) atoms. The molecule has 0 bridgehead atoms. The summed E-state index contributed by atoms with van der Waals surface area (Å²) in [4.78, 5) is 2.50. The molecule has 0 amide bonds. The Morgan fingerprint density at radius 1 is 0.889 bits per heavy atom. The van der Waals surface area contributed by atoms with Crippen molar-refractivity contribution in [2.75, 3.05) is 34.4 Å². The van der Waals surface area contributed by atoms with Crippen molar-refractivity contribution in [2.45, 2.75) is 24.8 Å². The Hall–Kier alpha value is -2.46. The first-order valence-corrected chi connectivity index (χ1v) is 9.50. The number of nitrogens with zero attached hydrogens (tertiary/aromatic N) is 1. The highest BCUT2D eigenvalue weighted by molar-refractivity contribution is 5.65. The fraction of sp³-hybridized carbons (Fsp3) is 0.391. The number of likely N-dealkylation sites (tertiary alicyclic amines) is 1. The molecule has 2 aromatic rings. The van der Waals surface area contributed by atoms with Crippen LogP contribution in [0.3, 0.4) is 0 Å². The topological polar surface area (TPSA) is 30.9 Å². The number of fused-ring (bicyclic) bond motifs is 2. The average Bonchev–Trinajstić information content (AvgIpc) is 3.07. The summed E-state index contributed by atoms with van der Waals surface area (Å²) in [6.45, 7) is 2.98. The molecule has 1 heterocycles. The highest BCUT2D eigenvalue weighted by atomic mass is 16.5. The zero-order valence-corrected chi connectivity index (χ0v) is 16.3. The number of benzene rings is 2. The van der Waals surface area contributed by atoms with Gasteiger partial charge in [0, 0.05) is 17.5 Å². The molecular formula is C23H27NO3. The maximum atomic E-state index is 5.65. The van der Waals surface area contributed by atoms with Crippen LogP contribution in [0.15, 0.2) is 42.5 Å². The molecule has 1 saturated heterocycles. The lowest BCUT2D eigenvalue weighted by molar-refractivity contribution is 0.175. The van der Waals surface area contributed by atoms with Crippen LogP contribution in [0.2, 0.25) is 0 Å². The van der Waals surface area contributed by atoms with Gasteiger partial charge in [0.05, 0.1) is 21.3 Å². The summed E-state index contributed by atoms with van der Waals surface area (Å²) in [6.07, 6.45) is 7.01. The smallest absolute Gasteiger partial charge is 0.203 e. The van der Waals surface area contributed by atoms with E-state index in [1.54, 1.807) is 21.3 Å². The van der Waals surface area contributed by atoms with Crippen molar-refractivity contribution in [3.8, 4) is 17.2 Å². The molecule has 0 atom stereocenters. The second-order valence-electron chi connectivity index (χ2n) is 7.35. The van der Waals surface area contributed by atoms with Gasteiger partial charge in [-0.3, -0.25) is 4.90 Å². The van der Waals surface area contributed by atoms with E-state index in [4.69, 9.17) is 14.2 Å². The van der Waals surface area contributed by atoms with Crippen LogP contribution in [0.25, 0.3) is 6.08 Å². The Kier molecular flexibility index (Phi) is 4.83. The first kappa shape index (κ1) is 17.9. The Morgan fingerprint density at radius 2 is 1.63 bits per heavy atom. The average molecular weight is 365 g/mol. The molecule has 2 aromatic carbocycles. The van der Waals surface area contributed by atoms with Crippen LogP contribution >= 0.6 is 0 Å². The van der Waals surface area contributed by atoms with E-state index >= 15 is 0 Å². The standard InChI is InChI=1S/C23H27NO3/c1-25-20-9-8-18(21(26-2)22(20)27-3)16-24-14-12-23(13-15-24)11-10-17-6-4-5-7-19(17)23/h4-11H,12-16H2,1-3H3. The first-order chi connectivity index (χ1) is 13.2. The Morgan fingerprint density at radius 3 is 2.33 bits per heavy atom. The summed E-state index contributed by atoms with van der Waals surface area (Å²) >= 11 is 0. The normalized spacial score (nSPS) is 17.7. The molecule has 1 fully saturated rings. The number of hydrogen-bond acceptors (Lipinski definition) is 4. The third kappa shape index (κ3) is 3.08. The number of rotatable bonds is 5. The van der Waals surface area contributed by atoms with Gasteiger partial charge in [0.25, 0.3) is 0 Å². The van der Waals surface area contributed by atoms with Crippen LogP contribution < -0.4 is 14.2 Å². The third-order valence-electron chi connectivity index (χ3n) is 6.01. The van der Waals surface area contributed by atoms with Crippen LogP contribution in [0, 0.1) is 0 Å². The molecule has 4 heteroatoms. The monoisotopic (exact) mass is 365 g/mol. The molecule has 1 aliphatic carbocycles. The zero-order valence-electron chi connectivity index (χ0n) is 16.3. The summed E-state index contributed by atoms with van der Waals surface area (Å²) in [5.41, 5.74) is 4.23. The molecule has 0 N–H and O–H groups in total. The molecule has 4 nitrogen and oxygen atoms in total. The van der Waals surface area contributed by atoms with Crippen LogP contribution in [-0.2, 0) is 12.0 Å². The molecule has 0 unspecified atom stereocenters. The van der Waals surface area contributed by atoms with Crippen molar-refractivity contribution in [3.63, 3.8) is 0 Å². The second-order valence-corrected chi connectivity index (χ2v) is 7.35. The number of ether oxygens (including phenoxy) is 3. The zero-order chi connectivity index (χ0) is 18.9. The predicted octanol–water partition coefficient (Wildman–Crippen LogP) is 4.27. The van der Waals surface area contributed by atoms with Crippen LogP contribution in [-0.4, -0.2) is 39.3 Å². The summed E-state index contributed by atoms with van der Waals surface area (Å²) in [5, 5.41) is 0. The molecule has 0 saturated carbocycles. The van der Waals surface area contributed by atoms with Crippen molar-refractivity contribution >= 4 is 6.08 Å². The fourth-order valence-corrected chi connectivity index (χ4v) is 4.51. The van der Waals surface area contributed by atoms with Gasteiger partial charge in [0.1, 0.15) is 0 Å². The van der Waals surface area contributed by atoms with Crippen molar-refractivity contribution in [1.29, 1.82) is 0 Å². The number of piperidine rings is 1. The predicted molar refractivity (Wildman–Crippen MR) is 108 cm³/mol. The number of allylic oxidation sites excluding steroid dienone is 1. The molecule has 1 aliphatic heterocycles. The minimum atomic E-state index is 0.217. The van der Waals surface area contributed by atoms with E-state index in [-0.39, 0.29) is 5.41 Å². The van der Waals surface area contributed by atoms with Crippen molar-refractivity contribution in [1.82, 2.24) is 4.90 Å². The van der Waals surface area contributed by atoms with Crippen LogP contribution in [0.4, 0.5) is 0 Å². The van der Waals surface area contributed by atoms with Gasteiger partial charge < -0.3 is 14.2 Å². The molecular weight excluding hydrogens is 338 g/mol. The van der Waals surface area contributed by atoms with E-state index < -0.39 is 0 Å². The maximum absolute atomic E-state index is 5.65. The Balaban J connectivity index is 1.50. The highest BCUT2D eigenvalue weighted by Gasteiger charge is 2.37. The Labute approximate surface area is 161 Å². The van der Waals surface area contributed by atoms with Crippen molar-refractivity contribution in [2.24, 2.45) is 0 Å². The van der Waals surface area contributed by atoms with Crippen LogP contribution in [0.1, 0.15) is 29.5 Å². The van der Waals surface area contributed by atoms with E-state index in [1.165, 1.54) is 11.1 Å². The van der Waals surface area contributed by atoms with E-state index in [1.807, 2.05) is 6.07 Å². The summed E-state index contributed by atoms with van der Waals surface area (Å²) in [5.74, 6) is 2.13. The minimum absolute atomic E-state index is 0.217. The SMILES string of the molecule is COc1ccc(CN2CCC3(C=Cc4ccccc43)CC2)c(OC)c1OC. The van der Waals surface area contributed by atoms with Gasteiger partial charge in [0.2, 0.25) is 5.75 Å². The number of methoxy groups -OCH3 is 3. The van der Waals surface area contributed by atoms with Crippen molar-refractivity contribution < 1.29 is 14.2 Å². The Bertz CT molecular complexity index is 851. The van der Waals surface area contributed by atoms with Gasteiger partial charge in [-0.1, -0.05) is 42.5 Å². The van der Waals surface area contributed by atoms with Crippen LogP contribution in [0.5, 0.6) is 17.2 Å². The third-order valence-corrected chi connectivity index (χ3v) is 6.01. The number of hydrogen-bond donors (Lipinski definition) is 0. The van der Waals surface area contributed by atoms with Gasteiger partial charge >= 0.3 is 0 Å². The lowest BCUT2D eigenvalue weighted by Crippen LogP contribution is -2.40. The largest absolute Gasteiger partial charge is 0.493 e. The molecule has 0 aromatic heterocycles. The van der Waals surface area contributed by atoms with E-state index in [2.05, 4.69) is 47.4 Å². The second kappa shape index (κ2) is 7.28. The lowest BCUT2D eigenvalue weighted by Gasteiger charge is -2.39. The van der Waals surface area contributed by atoms with Gasteiger partial charge in [-0.05, 0) is 43.1 Å². The lowest BCUT2D eigenvalue weighted by atomic mass is 9.74. The van der Waals surface area contributed by atoms with E-state index in [0.717, 1.165) is 43.8 Å². The molecule has 4 rings (SSSR count). The van der Waals surface area contributed by atoms with Gasteiger partial charge in [-0.15, -0.1) is 0 Å². The summed E-state index contributed by atoms with van der Waals surface area (Å²) in [6, 6.07) is 12.8. The molecule has 142 valence electrons. The van der Waals surface area contributed by atoms with Crippen molar-refractivity contribution in [3.05, 3.63) is 59.2 Å². The molecule has 0 radical (unpaired) electrons. The van der Waals surface area contributed by atoms with Gasteiger partial charge in [0.15, 0.2) is 11.5 Å². The quantitative estimate of drug-likeness (QED) is 0.792. The van der Waals surface area contributed by atoms with Gasteiger partial charge in [-0.2, -0.15) is 0 Å². The summed E-state index contributed by atoms with van der Waals surface area (Å²) < 4.78 is 16.6. The molecule has 1 spiro atoms. The fourth-order valence-electron chi connectivity index (χ4n) is 4.51.